The molecular weight excluding hydrogens is 434 g/mol. The highest BCUT2D eigenvalue weighted by atomic mass is 32.2. The van der Waals surface area contributed by atoms with Crippen molar-refractivity contribution in [3.8, 4) is 5.69 Å². The van der Waals surface area contributed by atoms with E-state index in [9.17, 15) is 9.59 Å². The van der Waals surface area contributed by atoms with Gasteiger partial charge in [0.1, 0.15) is 0 Å². The number of aliphatic imine (C=N–C) groups is 1. The largest absolute Gasteiger partial charge is 0.462 e. The molecule has 0 aliphatic carbocycles. The molecule has 168 valence electrons. The number of ether oxygens (including phenoxy) is 1. The molecule has 0 radical (unpaired) electrons. The summed E-state index contributed by atoms with van der Waals surface area (Å²) >= 11 is 1.33. The number of rotatable bonds is 5. The van der Waals surface area contributed by atoms with Crippen LogP contribution in [0.2, 0.25) is 0 Å². The second-order valence-corrected chi connectivity index (χ2v) is 8.78. The van der Waals surface area contributed by atoms with Crippen molar-refractivity contribution in [3.05, 3.63) is 87.6 Å². The molecule has 0 spiro atoms. The number of esters is 1. The Labute approximate surface area is 197 Å². The number of carbonyl (C=O) groups excluding carboxylic acids is 2. The number of amidine groups is 1. The number of aromatic nitrogens is 1. The molecule has 33 heavy (non-hydrogen) atoms. The number of amides is 1. The van der Waals surface area contributed by atoms with Crippen LogP contribution in [0.3, 0.4) is 0 Å². The lowest BCUT2D eigenvalue weighted by Crippen LogP contribution is -2.19. The SMILES string of the molecule is CCOC(=O)c1ccc(-n2c(C)cc(C=C3SC(=Nc4ccc(C)cc4)NC3=O)c2C)cc1. The topological polar surface area (TPSA) is 72.7 Å². The van der Waals surface area contributed by atoms with E-state index in [-0.39, 0.29) is 11.9 Å². The molecule has 0 atom stereocenters. The van der Waals surface area contributed by atoms with Crippen molar-refractivity contribution in [2.45, 2.75) is 27.7 Å². The Bertz CT molecular complexity index is 1270. The van der Waals surface area contributed by atoms with E-state index >= 15 is 0 Å². The van der Waals surface area contributed by atoms with Gasteiger partial charge in [-0.3, -0.25) is 4.79 Å². The Hall–Kier alpha value is -3.58. The van der Waals surface area contributed by atoms with Gasteiger partial charge < -0.3 is 14.6 Å². The molecule has 0 bridgehead atoms. The quantitative estimate of drug-likeness (QED) is 0.406. The molecule has 1 aromatic heterocycles. The fraction of sp³-hybridized carbons (Fsp3) is 0.192. The first kappa shape index (κ1) is 22.6. The Morgan fingerprint density at radius 3 is 2.45 bits per heavy atom. The summed E-state index contributed by atoms with van der Waals surface area (Å²) in [5.74, 6) is -0.489. The monoisotopic (exact) mass is 459 g/mol. The average molecular weight is 460 g/mol. The van der Waals surface area contributed by atoms with Crippen LogP contribution >= 0.6 is 11.8 Å². The number of hydrogen-bond acceptors (Lipinski definition) is 5. The van der Waals surface area contributed by atoms with E-state index < -0.39 is 0 Å². The highest BCUT2D eigenvalue weighted by Crippen LogP contribution is 2.30. The zero-order valence-electron chi connectivity index (χ0n) is 19.0. The van der Waals surface area contributed by atoms with Crippen LogP contribution < -0.4 is 5.32 Å². The number of aryl methyl sites for hydroxylation is 2. The molecular formula is C26H25N3O3S. The van der Waals surface area contributed by atoms with Crippen LogP contribution in [0, 0.1) is 20.8 Å². The number of nitrogens with zero attached hydrogens (tertiary/aromatic N) is 2. The summed E-state index contributed by atoms with van der Waals surface area (Å²) < 4.78 is 7.15. The second kappa shape index (κ2) is 9.50. The Morgan fingerprint density at radius 1 is 1.09 bits per heavy atom. The van der Waals surface area contributed by atoms with Gasteiger partial charge in [0.05, 0.1) is 22.8 Å². The van der Waals surface area contributed by atoms with E-state index in [1.54, 1.807) is 19.1 Å². The highest BCUT2D eigenvalue weighted by molar-refractivity contribution is 8.18. The summed E-state index contributed by atoms with van der Waals surface area (Å²) in [6.07, 6.45) is 1.89. The van der Waals surface area contributed by atoms with Crippen molar-refractivity contribution in [2.24, 2.45) is 4.99 Å². The minimum atomic E-state index is -0.331. The van der Waals surface area contributed by atoms with E-state index in [1.807, 2.05) is 69.3 Å². The smallest absolute Gasteiger partial charge is 0.338 e. The summed E-state index contributed by atoms with van der Waals surface area (Å²) in [5.41, 5.74) is 6.40. The molecule has 1 saturated heterocycles. The van der Waals surface area contributed by atoms with Gasteiger partial charge in [-0.05, 0) is 93.6 Å². The van der Waals surface area contributed by atoms with Crippen LogP contribution in [-0.2, 0) is 9.53 Å². The highest BCUT2D eigenvalue weighted by Gasteiger charge is 2.24. The van der Waals surface area contributed by atoms with Crippen LogP contribution in [0.5, 0.6) is 0 Å². The summed E-state index contributed by atoms with van der Waals surface area (Å²) in [5, 5.41) is 3.41. The van der Waals surface area contributed by atoms with Gasteiger partial charge in [-0.1, -0.05) is 17.7 Å². The number of thioether (sulfide) groups is 1. The number of hydrogen-bond donors (Lipinski definition) is 1. The predicted molar refractivity (Wildman–Crippen MR) is 133 cm³/mol. The third-order valence-corrected chi connectivity index (χ3v) is 6.22. The fourth-order valence-electron chi connectivity index (χ4n) is 3.65. The maximum absolute atomic E-state index is 12.5. The number of carbonyl (C=O) groups is 2. The van der Waals surface area contributed by atoms with Gasteiger partial charge in [-0.15, -0.1) is 0 Å². The summed E-state index contributed by atoms with van der Waals surface area (Å²) in [6.45, 7) is 8.18. The van der Waals surface area contributed by atoms with Gasteiger partial charge in [-0.2, -0.15) is 0 Å². The van der Waals surface area contributed by atoms with Gasteiger partial charge in [0, 0.05) is 17.1 Å². The molecule has 0 saturated carbocycles. The van der Waals surface area contributed by atoms with Crippen molar-refractivity contribution in [2.75, 3.05) is 6.61 Å². The fourth-order valence-corrected chi connectivity index (χ4v) is 4.48. The summed E-state index contributed by atoms with van der Waals surface area (Å²) in [7, 11) is 0. The number of benzene rings is 2. The van der Waals surface area contributed by atoms with Gasteiger partial charge >= 0.3 is 5.97 Å². The Morgan fingerprint density at radius 2 is 1.79 bits per heavy atom. The van der Waals surface area contributed by atoms with Crippen LogP contribution in [0.1, 0.15) is 39.8 Å². The average Bonchev–Trinajstić information content (AvgIpc) is 3.28. The molecule has 1 aliphatic heterocycles. The zero-order valence-corrected chi connectivity index (χ0v) is 19.8. The van der Waals surface area contributed by atoms with Crippen LogP contribution in [0.25, 0.3) is 11.8 Å². The van der Waals surface area contributed by atoms with Crippen molar-refractivity contribution in [1.29, 1.82) is 0 Å². The van der Waals surface area contributed by atoms with Gasteiger partial charge in [-0.25, -0.2) is 9.79 Å². The molecule has 4 rings (SSSR count). The molecule has 1 fully saturated rings. The maximum Gasteiger partial charge on any atom is 0.338 e. The molecule has 3 aromatic rings. The summed E-state index contributed by atoms with van der Waals surface area (Å²) in [6, 6.07) is 17.2. The molecule has 1 amide bonds. The van der Waals surface area contributed by atoms with E-state index in [1.165, 1.54) is 11.8 Å². The van der Waals surface area contributed by atoms with Gasteiger partial charge in [0.15, 0.2) is 5.17 Å². The van der Waals surface area contributed by atoms with E-state index in [0.29, 0.717) is 22.2 Å². The third-order valence-electron chi connectivity index (χ3n) is 5.31. The molecule has 2 aromatic carbocycles. The predicted octanol–water partition coefficient (Wildman–Crippen LogP) is 5.47. The Kier molecular flexibility index (Phi) is 6.51. The summed E-state index contributed by atoms with van der Waals surface area (Å²) in [4.78, 5) is 29.6. The molecule has 7 heteroatoms. The normalized spacial score (nSPS) is 15.8. The first-order valence-electron chi connectivity index (χ1n) is 10.7. The first-order chi connectivity index (χ1) is 15.9. The molecule has 0 unspecified atom stereocenters. The van der Waals surface area contributed by atoms with Gasteiger partial charge in [0.25, 0.3) is 5.91 Å². The second-order valence-electron chi connectivity index (χ2n) is 7.75. The van der Waals surface area contributed by atoms with E-state index in [4.69, 9.17) is 4.74 Å². The lowest BCUT2D eigenvalue weighted by molar-refractivity contribution is -0.115. The third kappa shape index (κ3) is 4.93. The molecule has 1 aliphatic rings. The lowest BCUT2D eigenvalue weighted by atomic mass is 10.2. The molecule has 1 N–H and O–H groups in total. The molecule has 6 nitrogen and oxygen atoms in total. The van der Waals surface area contributed by atoms with Crippen molar-refractivity contribution in [3.63, 3.8) is 0 Å². The minimum Gasteiger partial charge on any atom is -0.462 e. The molecule has 2 heterocycles. The van der Waals surface area contributed by atoms with Crippen molar-refractivity contribution >= 4 is 40.6 Å². The standard InChI is InChI=1S/C26H25N3O3S/c1-5-32-25(31)19-8-12-22(13-9-19)29-17(3)14-20(18(29)4)15-23-24(30)28-26(33-23)27-21-10-6-16(2)7-11-21/h6-15H,5H2,1-4H3,(H,27,28,30). The van der Waals surface area contributed by atoms with Crippen LogP contribution in [-0.4, -0.2) is 28.2 Å². The Balaban J connectivity index is 1.58. The van der Waals surface area contributed by atoms with Crippen molar-refractivity contribution < 1.29 is 14.3 Å². The van der Waals surface area contributed by atoms with Crippen LogP contribution in [0.15, 0.2) is 64.5 Å². The minimum absolute atomic E-state index is 0.158. The van der Waals surface area contributed by atoms with Gasteiger partial charge in [0.2, 0.25) is 0 Å². The first-order valence-corrected chi connectivity index (χ1v) is 11.5. The van der Waals surface area contributed by atoms with Crippen LogP contribution in [0.4, 0.5) is 5.69 Å². The van der Waals surface area contributed by atoms with Crippen molar-refractivity contribution in [1.82, 2.24) is 9.88 Å². The lowest BCUT2D eigenvalue weighted by Gasteiger charge is -2.10. The van der Waals surface area contributed by atoms with E-state index in [2.05, 4.69) is 14.9 Å². The maximum atomic E-state index is 12.5. The zero-order chi connectivity index (χ0) is 23.5. The number of nitrogens with one attached hydrogen (secondary N) is 1. The van der Waals surface area contributed by atoms with E-state index in [0.717, 1.165) is 33.9 Å².